The number of rotatable bonds is 5. The van der Waals surface area contributed by atoms with Gasteiger partial charge in [0.2, 0.25) is 5.90 Å². The number of nitrogens with one attached hydrogen (secondary N) is 4. The molecule has 0 fully saturated rings. The lowest BCUT2D eigenvalue weighted by Gasteiger charge is -2.20. The van der Waals surface area contributed by atoms with Crippen LogP contribution in [0.1, 0.15) is 32.6 Å². The summed E-state index contributed by atoms with van der Waals surface area (Å²) in [7, 11) is 1.56. The number of alkyl halides is 2. The number of carbonyl (C=O) groups is 1. The van der Waals surface area contributed by atoms with Crippen LogP contribution in [0.5, 0.6) is 0 Å². The van der Waals surface area contributed by atoms with Crippen LogP contribution in [-0.4, -0.2) is 41.9 Å². The molecule has 0 aliphatic carbocycles. The van der Waals surface area contributed by atoms with Gasteiger partial charge in [0.15, 0.2) is 0 Å². The molecule has 33 heavy (non-hydrogen) atoms. The molecule has 1 amide bonds. The van der Waals surface area contributed by atoms with Crippen molar-refractivity contribution in [3.63, 3.8) is 0 Å². The zero-order valence-corrected chi connectivity index (χ0v) is 17.2. The fraction of sp³-hybridized carbons (Fsp3) is 0.136. The Kier molecular flexibility index (Phi) is 6.58. The summed E-state index contributed by atoms with van der Waals surface area (Å²) in [6.45, 7) is 0.00972. The second kappa shape index (κ2) is 9.35. The minimum atomic E-state index is -3.18. The first-order valence-electron chi connectivity index (χ1n) is 9.41. The van der Waals surface area contributed by atoms with Crippen LogP contribution in [-0.2, 0) is 11.3 Å². The highest BCUT2D eigenvalue weighted by molar-refractivity contribution is 6.27. The van der Waals surface area contributed by atoms with Gasteiger partial charge in [-0.15, -0.1) is 0 Å². The normalized spacial score (nSPS) is 12.9. The number of amidine groups is 1. The molecule has 0 aromatic heterocycles. The van der Waals surface area contributed by atoms with Crippen molar-refractivity contribution >= 4 is 29.1 Å². The average molecular weight is 454 g/mol. The molecule has 0 unspecified atom stereocenters. The van der Waals surface area contributed by atoms with Crippen molar-refractivity contribution in [3.05, 3.63) is 76.2 Å². The quantitative estimate of drug-likeness (QED) is 0.406. The number of ether oxygens (including phenoxy) is 1. The van der Waals surface area contributed by atoms with Crippen molar-refractivity contribution in [2.75, 3.05) is 7.05 Å². The minimum absolute atomic E-state index is 0.00972. The fourth-order valence-corrected chi connectivity index (χ4v) is 3.22. The molecule has 168 valence electrons. The van der Waals surface area contributed by atoms with Crippen LogP contribution in [0.25, 0.3) is 5.57 Å². The van der Waals surface area contributed by atoms with Gasteiger partial charge in [0, 0.05) is 29.9 Å². The summed E-state index contributed by atoms with van der Waals surface area (Å²) in [5.74, 6) is -3.62. The molecule has 2 aromatic rings. The topological polar surface area (TPSA) is 137 Å². The molecule has 1 heterocycles. The number of fused-ring (bicyclic) bond motifs is 1. The Hall–Kier alpha value is -4.46. The van der Waals surface area contributed by atoms with E-state index in [1.807, 2.05) is 6.07 Å². The van der Waals surface area contributed by atoms with E-state index in [0.29, 0.717) is 5.56 Å². The monoisotopic (exact) mass is 454 g/mol. The van der Waals surface area contributed by atoms with Crippen LogP contribution in [0.3, 0.4) is 0 Å². The Labute approximate surface area is 186 Å². The molecule has 0 radical (unpaired) electrons. The maximum absolute atomic E-state index is 14.0. The van der Waals surface area contributed by atoms with Gasteiger partial charge in [-0.2, -0.15) is 14.0 Å². The first kappa shape index (κ1) is 23.2. The van der Waals surface area contributed by atoms with Crippen molar-refractivity contribution in [2.24, 2.45) is 0 Å². The number of nitriles is 1. The molecule has 0 saturated carbocycles. The fourth-order valence-electron chi connectivity index (χ4n) is 3.22. The number of nitrogens with zero attached hydrogens (tertiary/aromatic N) is 2. The molecule has 3 rings (SSSR count). The van der Waals surface area contributed by atoms with E-state index in [9.17, 15) is 18.0 Å². The lowest BCUT2D eigenvalue weighted by molar-refractivity contribution is 0.0866. The van der Waals surface area contributed by atoms with Crippen molar-refractivity contribution in [1.82, 2.24) is 10.2 Å². The summed E-state index contributed by atoms with van der Waals surface area (Å²) >= 11 is 0. The number of benzene rings is 2. The van der Waals surface area contributed by atoms with E-state index in [4.69, 9.17) is 21.5 Å². The van der Waals surface area contributed by atoms with Gasteiger partial charge in [0.25, 0.3) is 11.8 Å². The lowest BCUT2D eigenvalue weighted by Crippen LogP contribution is -2.32. The van der Waals surface area contributed by atoms with Crippen molar-refractivity contribution in [2.45, 2.75) is 13.0 Å². The highest BCUT2D eigenvalue weighted by atomic mass is 19.3. The van der Waals surface area contributed by atoms with Crippen LogP contribution in [0.15, 0.2) is 42.6 Å². The standard InChI is InChI=1S/C22H17F3N6O2/c1-30-9-17(14-4-11(8-26)5-15(23)6-14)19(27)31-10-13-3-2-12(7-16(13)22(31)32)20(28)33-21(29)18(24)25/h2-7,9,18,27-30H,10H2,1H3/b17-9-,27-19?,28-20?,29-21?. The molecule has 1 aliphatic heterocycles. The van der Waals surface area contributed by atoms with Gasteiger partial charge in [-0.1, -0.05) is 6.07 Å². The Bertz CT molecular complexity index is 1250. The first-order chi connectivity index (χ1) is 15.7. The zero-order valence-electron chi connectivity index (χ0n) is 17.2. The molecular formula is C22H17F3N6O2. The van der Waals surface area contributed by atoms with Gasteiger partial charge in [0.05, 0.1) is 18.2 Å². The van der Waals surface area contributed by atoms with Crippen molar-refractivity contribution in [1.29, 1.82) is 21.5 Å². The van der Waals surface area contributed by atoms with Gasteiger partial charge < -0.3 is 10.1 Å². The van der Waals surface area contributed by atoms with E-state index in [1.165, 1.54) is 30.5 Å². The van der Waals surface area contributed by atoms with E-state index in [2.05, 4.69) is 10.1 Å². The molecule has 0 saturated heterocycles. The molecule has 2 aromatic carbocycles. The van der Waals surface area contributed by atoms with Gasteiger partial charge in [0.1, 0.15) is 11.7 Å². The summed E-state index contributed by atoms with van der Waals surface area (Å²) in [5, 5.41) is 35.2. The second-order valence-corrected chi connectivity index (χ2v) is 6.90. The summed E-state index contributed by atoms with van der Waals surface area (Å²) in [6, 6.07) is 9.57. The summed E-state index contributed by atoms with van der Waals surface area (Å²) in [4.78, 5) is 14.1. The number of amides is 1. The average Bonchev–Trinajstić information content (AvgIpc) is 3.12. The third-order valence-electron chi connectivity index (χ3n) is 4.74. The summed E-state index contributed by atoms with van der Waals surface area (Å²) in [5.41, 5.74) is 1.09. The largest absolute Gasteiger partial charge is 0.419 e. The van der Waals surface area contributed by atoms with E-state index in [1.54, 1.807) is 7.05 Å². The molecule has 0 atom stereocenters. The van der Waals surface area contributed by atoms with Gasteiger partial charge >= 0.3 is 6.43 Å². The van der Waals surface area contributed by atoms with Crippen LogP contribution in [0.4, 0.5) is 13.2 Å². The summed E-state index contributed by atoms with van der Waals surface area (Å²) in [6.07, 6.45) is -1.78. The molecule has 8 nitrogen and oxygen atoms in total. The van der Waals surface area contributed by atoms with E-state index in [-0.39, 0.29) is 40.2 Å². The number of hydrogen-bond acceptors (Lipinski definition) is 7. The minimum Gasteiger partial charge on any atom is -0.419 e. The van der Waals surface area contributed by atoms with Gasteiger partial charge in [-0.05, 0) is 41.5 Å². The number of carbonyl (C=O) groups excluding carboxylic acids is 1. The number of hydrogen-bond donors (Lipinski definition) is 4. The number of halogens is 3. The molecule has 0 spiro atoms. The van der Waals surface area contributed by atoms with Crippen LogP contribution in [0.2, 0.25) is 0 Å². The maximum Gasteiger partial charge on any atom is 0.312 e. The molecule has 4 N–H and O–H groups in total. The smallest absolute Gasteiger partial charge is 0.312 e. The SMILES string of the molecule is CN/C=C(\C(=N)N1Cc2ccc(C(=N)OC(=N)C(F)F)cc2C1=O)c1cc(F)cc(C#N)c1. The third-order valence-corrected chi connectivity index (χ3v) is 4.74. The van der Waals surface area contributed by atoms with Crippen molar-refractivity contribution < 1.29 is 22.7 Å². The van der Waals surface area contributed by atoms with Gasteiger partial charge in [-0.3, -0.25) is 25.9 Å². The van der Waals surface area contributed by atoms with Crippen LogP contribution >= 0.6 is 0 Å². The predicted molar refractivity (Wildman–Crippen MR) is 114 cm³/mol. The molecular weight excluding hydrogens is 437 g/mol. The highest BCUT2D eigenvalue weighted by Gasteiger charge is 2.32. The Morgan fingerprint density at radius 1 is 1.21 bits per heavy atom. The third kappa shape index (κ3) is 4.74. The Morgan fingerprint density at radius 3 is 2.58 bits per heavy atom. The van der Waals surface area contributed by atoms with E-state index >= 15 is 0 Å². The summed E-state index contributed by atoms with van der Waals surface area (Å²) < 4.78 is 43.5. The highest BCUT2D eigenvalue weighted by Crippen LogP contribution is 2.28. The Balaban J connectivity index is 1.90. The lowest BCUT2D eigenvalue weighted by atomic mass is 10.0. The van der Waals surface area contributed by atoms with E-state index in [0.717, 1.165) is 17.0 Å². The Morgan fingerprint density at radius 2 is 1.94 bits per heavy atom. The van der Waals surface area contributed by atoms with Crippen LogP contribution in [0, 0.1) is 33.4 Å². The molecule has 1 aliphatic rings. The zero-order chi connectivity index (χ0) is 24.3. The molecule has 0 bridgehead atoms. The van der Waals surface area contributed by atoms with E-state index < -0.39 is 29.9 Å². The second-order valence-electron chi connectivity index (χ2n) is 6.90. The van der Waals surface area contributed by atoms with Gasteiger partial charge in [-0.25, -0.2) is 4.39 Å². The van der Waals surface area contributed by atoms with Crippen LogP contribution < -0.4 is 5.32 Å². The molecule has 11 heteroatoms. The maximum atomic E-state index is 14.0. The van der Waals surface area contributed by atoms with Crippen molar-refractivity contribution in [3.8, 4) is 6.07 Å². The first-order valence-corrected chi connectivity index (χ1v) is 9.41. The predicted octanol–water partition coefficient (Wildman–Crippen LogP) is 3.48.